The number of hydrogen-bond acceptors (Lipinski definition) is 10. The zero-order valence-electron chi connectivity index (χ0n) is 45.6. The first-order chi connectivity index (χ1) is 35.2. The smallest absolute Gasteiger partial charge is 0.462 e. The molecule has 3 unspecified atom stereocenters. The summed E-state index contributed by atoms with van der Waals surface area (Å²) in [5.74, 6) is -1.55. The van der Waals surface area contributed by atoms with Crippen molar-refractivity contribution < 1.29 is 52.2 Å². The van der Waals surface area contributed by atoms with Crippen molar-refractivity contribution >= 4 is 25.7 Å². The number of hydrogen-bond donors (Lipinski definition) is 2. The van der Waals surface area contributed by atoms with Gasteiger partial charge in [0.15, 0.2) is 6.10 Å². The van der Waals surface area contributed by atoms with Crippen LogP contribution in [0.2, 0.25) is 0 Å². The van der Waals surface area contributed by atoms with Crippen molar-refractivity contribution in [3.8, 4) is 0 Å². The number of carbonyl (C=O) groups excluding carboxylic acids is 3. The van der Waals surface area contributed by atoms with Crippen LogP contribution in [0.15, 0.2) is 85.1 Å². The molecule has 3 atom stereocenters. The lowest BCUT2D eigenvalue weighted by molar-refractivity contribution is -0.161. The molecule has 2 N–H and O–H groups in total. The van der Waals surface area contributed by atoms with Gasteiger partial charge in [-0.15, -0.1) is 0 Å². The summed E-state index contributed by atoms with van der Waals surface area (Å²) < 4.78 is 39.4. The monoisotopic (exact) mass is 1030 g/mol. The number of ether oxygens (including phenoxy) is 3. The van der Waals surface area contributed by atoms with Crippen LogP contribution in [-0.4, -0.2) is 66.5 Å². The number of unbranched alkanes of at least 4 members (excludes halogenated alkanes) is 21. The van der Waals surface area contributed by atoms with Gasteiger partial charge in [-0.2, -0.15) is 0 Å². The summed E-state index contributed by atoms with van der Waals surface area (Å²) in [5.41, 5.74) is 0. The Morgan fingerprint density at radius 3 is 1.21 bits per heavy atom. The van der Waals surface area contributed by atoms with E-state index < -0.39 is 57.8 Å². The number of rotatable bonds is 52. The second kappa shape index (κ2) is 53.9. The highest BCUT2D eigenvalue weighted by Crippen LogP contribution is 2.43. The topological polar surface area (TPSA) is 155 Å². The Kier molecular flexibility index (Phi) is 51.4. The van der Waals surface area contributed by atoms with Crippen LogP contribution in [0, 0.1) is 0 Å². The molecule has 0 aromatic carbocycles. The van der Waals surface area contributed by atoms with Gasteiger partial charge in [0.1, 0.15) is 12.7 Å². The van der Waals surface area contributed by atoms with Crippen LogP contribution in [0.25, 0.3) is 0 Å². The lowest BCUT2D eigenvalue weighted by atomic mass is 10.1. The Morgan fingerprint density at radius 1 is 0.403 bits per heavy atom. The van der Waals surface area contributed by atoms with Gasteiger partial charge in [-0.25, -0.2) is 4.57 Å². The molecule has 0 fully saturated rings. The minimum Gasteiger partial charge on any atom is -0.462 e. The highest BCUT2D eigenvalue weighted by molar-refractivity contribution is 7.47. The van der Waals surface area contributed by atoms with Crippen LogP contribution in [0.5, 0.6) is 0 Å². The molecule has 0 aliphatic rings. The normalized spacial score (nSPS) is 14.0. The molecular weight excluding hydrogens is 928 g/mol. The van der Waals surface area contributed by atoms with Gasteiger partial charge in [-0.05, 0) is 103 Å². The van der Waals surface area contributed by atoms with Crippen LogP contribution in [0.4, 0.5) is 0 Å². The third kappa shape index (κ3) is 51.6. The number of carbonyl (C=O) groups is 3. The number of esters is 3. The van der Waals surface area contributed by atoms with Crippen molar-refractivity contribution in [3.05, 3.63) is 85.1 Å². The quantitative estimate of drug-likeness (QED) is 0.0197. The number of phosphoric ester groups is 1. The van der Waals surface area contributed by atoms with E-state index in [9.17, 15) is 28.9 Å². The van der Waals surface area contributed by atoms with Crippen LogP contribution < -0.4 is 0 Å². The Hall–Kier alpha value is -3.34. The average molecular weight is 1030 g/mol. The second-order valence-corrected chi connectivity index (χ2v) is 20.2. The Balaban J connectivity index is 4.83. The van der Waals surface area contributed by atoms with Crippen LogP contribution >= 0.6 is 7.82 Å². The summed E-state index contributed by atoms with van der Waals surface area (Å²) in [5, 5.41) is 9.79. The van der Waals surface area contributed by atoms with Gasteiger partial charge >= 0.3 is 25.7 Å². The maximum Gasteiger partial charge on any atom is 0.472 e. The fourth-order valence-corrected chi connectivity index (χ4v) is 8.21. The van der Waals surface area contributed by atoms with Crippen LogP contribution in [0.3, 0.4) is 0 Å². The molecule has 0 heterocycles. The van der Waals surface area contributed by atoms with Crippen molar-refractivity contribution in [2.45, 2.75) is 251 Å². The highest BCUT2D eigenvalue weighted by Gasteiger charge is 2.28. The molecule has 0 radical (unpaired) electrons. The first kappa shape index (κ1) is 68.7. The van der Waals surface area contributed by atoms with Crippen molar-refractivity contribution in [1.29, 1.82) is 0 Å². The number of aliphatic hydroxyl groups is 1. The van der Waals surface area contributed by atoms with Crippen molar-refractivity contribution in [3.63, 3.8) is 0 Å². The van der Waals surface area contributed by atoms with E-state index in [4.69, 9.17) is 23.3 Å². The minimum atomic E-state index is -4.76. The predicted octanol–water partition coefficient (Wildman–Crippen LogP) is 16.7. The largest absolute Gasteiger partial charge is 0.472 e. The molecule has 0 saturated heterocycles. The summed E-state index contributed by atoms with van der Waals surface area (Å²) >= 11 is 0. The molecule has 0 aromatic rings. The summed E-state index contributed by atoms with van der Waals surface area (Å²) in [6.07, 6.45) is 61.2. The summed E-state index contributed by atoms with van der Waals surface area (Å²) in [6.45, 7) is 4.41. The van der Waals surface area contributed by atoms with Gasteiger partial charge in [-0.1, -0.05) is 202 Å². The lowest BCUT2D eigenvalue weighted by Crippen LogP contribution is -2.30. The summed E-state index contributed by atoms with van der Waals surface area (Å²) in [4.78, 5) is 48.4. The third-order valence-electron chi connectivity index (χ3n) is 11.8. The van der Waals surface area contributed by atoms with Crippen molar-refractivity contribution in [1.82, 2.24) is 0 Å². The van der Waals surface area contributed by atoms with Crippen molar-refractivity contribution in [2.75, 3.05) is 26.4 Å². The minimum absolute atomic E-state index is 0.145. The highest BCUT2D eigenvalue weighted by atomic mass is 31.2. The SMILES string of the molecule is CC/C=C\C/C=C\C/C=C\C/C=C\C/C=C\CCCC(=O)OCC(COP(=O)(O)OCC(CO)OC(=O)CCCCCCC/C=C\CCCC)OC(=O)CCCCCCCCC/C=C\CCCCCCCC. The molecule has 414 valence electrons. The molecule has 0 spiro atoms. The third-order valence-corrected chi connectivity index (χ3v) is 12.7. The summed E-state index contributed by atoms with van der Waals surface area (Å²) in [6, 6.07) is 0. The Bertz CT molecular complexity index is 1530. The number of aliphatic hydroxyl groups excluding tert-OH is 1. The second-order valence-electron chi connectivity index (χ2n) is 18.7. The molecule has 12 heteroatoms. The van der Waals surface area contributed by atoms with E-state index in [0.717, 1.165) is 103 Å². The molecule has 0 aliphatic heterocycles. The number of phosphoric acid groups is 1. The van der Waals surface area contributed by atoms with E-state index in [1.54, 1.807) is 0 Å². The van der Waals surface area contributed by atoms with E-state index in [1.807, 2.05) is 6.08 Å². The first-order valence-electron chi connectivity index (χ1n) is 28.5. The van der Waals surface area contributed by atoms with Gasteiger partial charge in [0, 0.05) is 19.3 Å². The van der Waals surface area contributed by atoms with E-state index in [0.29, 0.717) is 25.7 Å². The zero-order chi connectivity index (χ0) is 52.7. The van der Waals surface area contributed by atoms with E-state index in [-0.39, 0.29) is 25.9 Å². The van der Waals surface area contributed by atoms with Gasteiger partial charge in [0.05, 0.1) is 19.8 Å². The molecule has 0 bridgehead atoms. The molecule has 0 aromatic heterocycles. The van der Waals surface area contributed by atoms with Gasteiger partial charge in [-0.3, -0.25) is 23.4 Å². The van der Waals surface area contributed by atoms with Gasteiger partial charge in [0.2, 0.25) is 0 Å². The van der Waals surface area contributed by atoms with Crippen LogP contribution in [0.1, 0.15) is 239 Å². The molecule has 11 nitrogen and oxygen atoms in total. The van der Waals surface area contributed by atoms with E-state index in [1.165, 1.54) is 70.6 Å². The number of allylic oxidation sites excluding steroid dienone is 14. The molecule has 0 aliphatic carbocycles. The first-order valence-corrected chi connectivity index (χ1v) is 30.0. The maximum atomic E-state index is 12.9. The predicted molar refractivity (Wildman–Crippen MR) is 298 cm³/mol. The fourth-order valence-electron chi connectivity index (χ4n) is 7.43. The van der Waals surface area contributed by atoms with Gasteiger partial charge in [0.25, 0.3) is 0 Å². The molecular formula is C60H103O11P. The molecule has 72 heavy (non-hydrogen) atoms. The van der Waals surface area contributed by atoms with E-state index >= 15 is 0 Å². The summed E-state index contributed by atoms with van der Waals surface area (Å²) in [7, 11) is -4.76. The van der Waals surface area contributed by atoms with Gasteiger partial charge < -0.3 is 24.2 Å². The average Bonchev–Trinajstić information content (AvgIpc) is 3.37. The van der Waals surface area contributed by atoms with Crippen LogP contribution in [-0.2, 0) is 42.2 Å². The van der Waals surface area contributed by atoms with E-state index in [2.05, 4.69) is 99.8 Å². The standard InChI is InChI=1S/C60H103O11P/c1-4-7-10-13-16-19-22-24-26-28-30-32-35-37-40-43-46-49-58(62)67-53-57(71-60(64)51-48-45-42-39-36-33-31-29-27-25-23-20-17-14-11-8-5-2)55-69-72(65,66)68-54-56(52-61)70-59(63)50-47-44-41-38-34-21-18-15-12-9-6-3/h7,10,15-16,18-19,24-27,30,32,37,40,56-57,61H,4-6,8-9,11-14,17,20-23,28-29,31,33-36,38-39,41-55H2,1-3H3,(H,65,66)/b10-7-,18-15-,19-16-,26-24-,27-25-,32-30-,40-37-. The fraction of sp³-hybridized carbons (Fsp3) is 0.717. The van der Waals surface area contributed by atoms with Crippen molar-refractivity contribution in [2.24, 2.45) is 0 Å². The molecule has 0 rings (SSSR count). The molecule has 0 amide bonds. The Labute approximate surface area is 439 Å². The Morgan fingerprint density at radius 2 is 0.750 bits per heavy atom. The lowest BCUT2D eigenvalue weighted by Gasteiger charge is -2.21. The molecule has 0 saturated carbocycles. The maximum absolute atomic E-state index is 12.9. The zero-order valence-corrected chi connectivity index (χ0v) is 46.5.